The average Bonchev–Trinajstić information content (AvgIpc) is 2.47. The van der Waals surface area contributed by atoms with Crippen LogP contribution in [0.4, 0.5) is 8.78 Å². The molecule has 116 valence electrons. The van der Waals surface area contributed by atoms with Crippen LogP contribution in [0, 0.1) is 11.6 Å². The second-order valence-corrected chi connectivity index (χ2v) is 5.93. The maximum atomic E-state index is 13.9. The summed E-state index contributed by atoms with van der Waals surface area (Å²) in [5, 5.41) is 0. The van der Waals surface area contributed by atoms with Gasteiger partial charge in [-0.05, 0) is 36.4 Å². The van der Waals surface area contributed by atoms with Gasteiger partial charge in [0.05, 0.1) is 0 Å². The number of rotatable bonds is 5. The lowest BCUT2D eigenvalue weighted by atomic mass is 10.0. The Morgan fingerprint density at radius 1 is 1.23 bits per heavy atom. The molecule has 1 unspecified atom stereocenters. The molecule has 0 spiro atoms. The van der Waals surface area contributed by atoms with Crippen LogP contribution < -0.4 is 4.72 Å². The smallest absolute Gasteiger partial charge is 0.194 e. The molecule has 0 heterocycles. The van der Waals surface area contributed by atoms with E-state index in [4.69, 9.17) is 0 Å². The fourth-order valence-electron chi connectivity index (χ4n) is 1.79. The molecule has 1 N–H and O–H groups in total. The molecular weight excluding hydrogens is 380 g/mol. The van der Waals surface area contributed by atoms with Gasteiger partial charge in [-0.2, -0.15) is 0 Å². The van der Waals surface area contributed by atoms with E-state index in [2.05, 4.69) is 15.9 Å². The number of carbonyl (C=O) groups is 1. The molecule has 0 aliphatic carbocycles. The third-order valence-corrected chi connectivity index (χ3v) is 3.90. The molecule has 0 radical (unpaired) electrons. The molecule has 4 nitrogen and oxygen atoms in total. The Balaban J connectivity index is 2.32. The fourth-order valence-corrected chi connectivity index (χ4v) is 2.64. The van der Waals surface area contributed by atoms with E-state index in [0.717, 1.165) is 18.2 Å². The van der Waals surface area contributed by atoms with Gasteiger partial charge in [0.2, 0.25) is 0 Å². The summed E-state index contributed by atoms with van der Waals surface area (Å²) in [5.74, 6) is -1.67. The summed E-state index contributed by atoms with van der Waals surface area (Å²) in [4.78, 5) is 12.3. The highest BCUT2D eigenvalue weighted by Crippen LogP contribution is 2.24. The van der Waals surface area contributed by atoms with Crippen LogP contribution in [-0.2, 0) is 17.8 Å². The van der Waals surface area contributed by atoms with E-state index in [9.17, 15) is 22.3 Å². The lowest BCUT2D eigenvalue weighted by Gasteiger charge is -2.11. The van der Waals surface area contributed by atoms with E-state index in [1.165, 1.54) is 18.2 Å². The molecule has 0 aromatic heterocycles. The number of benzene rings is 2. The van der Waals surface area contributed by atoms with E-state index >= 15 is 0 Å². The monoisotopic (exact) mass is 388 g/mol. The first-order chi connectivity index (χ1) is 10.4. The van der Waals surface area contributed by atoms with Gasteiger partial charge in [-0.15, -0.1) is 0 Å². The number of halogens is 3. The molecule has 0 saturated heterocycles. The first kappa shape index (κ1) is 16.9. The molecule has 0 aliphatic heterocycles. The van der Waals surface area contributed by atoms with Crippen LogP contribution >= 0.6 is 15.9 Å². The van der Waals surface area contributed by atoms with E-state index in [-0.39, 0.29) is 23.2 Å². The Morgan fingerprint density at radius 3 is 2.45 bits per heavy atom. The van der Waals surface area contributed by atoms with Crippen molar-refractivity contribution in [2.24, 2.45) is 0 Å². The van der Waals surface area contributed by atoms with Crippen molar-refractivity contribution in [3.63, 3.8) is 0 Å². The molecule has 2 aromatic carbocycles. The van der Waals surface area contributed by atoms with Crippen LogP contribution in [0.1, 0.15) is 21.5 Å². The largest absolute Gasteiger partial charge is 0.760 e. The van der Waals surface area contributed by atoms with Gasteiger partial charge in [-0.25, -0.2) is 13.5 Å². The van der Waals surface area contributed by atoms with Crippen LogP contribution in [0.2, 0.25) is 0 Å². The van der Waals surface area contributed by atoms with Crippen LogP contribution in [-0.4, -0.2) is 14.5 Å². The van der Waals surface area contributed by atoms with Crippen molar-refractivity contribution >= 4 is 33.0 Å². The van der Waals surface area contributed by atoms with Crippen molar-refractivity contribution in [3.8, 4) is 0 Å². The highest BCUT2D eigenvalue weighted by Gasteiger charge is 2.16. The molecule has 2 aromatic rings. The highest BCUT2D eigenvalue weighted by molar-refractivity contribution is 9.10. The third-order valence-electron chi connectivity index (χ3n) is 2.87. The van der Waals surface area contributed by atoms with Crippen molar-refractivity contribution in [3.05, 3.63) is 69.2 Å². The van der Waals surface area contributed by atoms with E-state index in [1.807, 2.05) is 4.72 Å². The van der Waals surface area contributed by atoms with Gasteiger partial charge in [0.1, 0.15) is 11.6 Å². The number of ketones is 1. The van der Waals surface area contributed by atoms with Gasteiger partial charge in [-0.3, -0.25) is 9.00 Å². The summed E-state index contributed by atoms with van der Waals surface area (Å²) >= 11 is 0.646. The summed E-state index contributed by atoms with van der Waals surface area (Å²) < 4.78 is 50.0. The number of hydrogen-bond donors (Lipinski definition) is 1. The Kier molecular flexibility index (Phi) is 5.52. The molecule has 0 bridgehead atoms. The molecule has 0 saturated carbocycles. The van der Waals surface area contributed by atoms with Crippen LogP contribution in [0.3, 0.4) is 0 Å². The topological polar surface area (TPSA) is 69.2 Å². The minimum atomic E-state index is -2.51. The zero-order chi connectivity index (χ0) is 16.3. The normalized spacial score (nSPS) is 12.2. The minimum absolute atomic E-state index is 0.0658. The zero-order valence-corrected chi connectivity index (χ0v) is 13.3. The Morgan fingerprint density at radius 2 is 1.86 bits per heavy atom. The molecule has 1 atom stereocenters. The Labute approximate surface area is 136 Å². The third kappa shape index (κ3) is 4.04. The quantitative estimate of drug-likeness (QED) is 0.632. The van der Waals surface area contributed by atoms with Crippen molar-refractivity contribution in [2.75, 3.05) is 0 Å². The second kappa shape index (κ2) is 7.19. The predicted octanol–water partition coefficient (Wildman–Crippen LogP) is 2.84. The molecule has 0 aliphatic rings. The Bertz CT molecular complexity index is 738. The van der Waals surface area contributed by atoms with E-state index in [0.29, 0.717) is 4.47 Å². The van der Waals surface area contributed by atoms with Crippen LogP contribution in [0.5, 0.6) is 0 Å². The summed E-state index contributed by atoms with van der Waals surface area (Å²) in [6.07, 6.45) is 0. The first-order valence-electron chi connectivity index (χ1n) is 5.99. The van der Waals surface area contributed by atoms with E-state index < -0.39 is 28.7 Å². The SMILES string of the molecule is O=C(c1ccc(F)cc1)c1cc(F)c(CNS(=O)[O-])cc1Br. The highest BCUT2D eigenvalue weighted by atomic mass is 79.9. The zero-order valence-electron chi connectivity index (χ0n) is 10.9. The molecule has 0 amide bonds. The summed E-state index contributed by atoms with van der Waals surface area (Å²) in [6.45, 7) is -0.231. The van der Waals surface area contributed by atoms with Gasteiger partial charge >= 0.3 is 0 Å². The summed E-state index contributed by atoms with van der Waals surface area (Å²) in [7, 11) is 0. The van der Waals surface area contributed by atoms with Crippen molar-refractivity contribution in [1.29, 1.82) is 0 Å². The standard InChI is InChI=1S/C14H10BrF2NO3S/c15-12-5-9(7-18-22(20)21)13(17)6-11(12)14(19)8-1-3-10(16)4-2-8/h1-6,18H,7H2,(H,20,21)/p-1. The van der Waals surface area contributed by atoms with Crippen molar-refractivity contribution < 1.29 is 22.3 Å². The molecular formula is C14H9BrF2NO3S-. The second-order valence-electron chi connectivity index (χ2n) is 4.32. The van der Waals surface area contributed by atoms with Gasteiger partial charge in [0.25, 0.3) is 0 Å². The lowest BCUT2D eigenvalue weighted by molar-refractivity contribution is 0.103. The van der Waals surface area contributed by atoms with Gasteiger partial charge < -0.3 is 4.55 Å². The van der Waals surface area contributed by atoms with Gasteiger partial charge in [0, 0.05) is 39.0 Å². The molecule has 8 heteroatoms. The summed E-state index contributed by atoms with van der Waals surface area (Å²) in [5.41, 5.74) is 0.371. The van der Waals surface area contributed by atoms with Crippen molar-refractivity contribution in [1.82, 2.24) is 4.72 Å². The lowest BCUT2D eigenvalue weighted by Crippen LogP contribution is -2.17. The Hall–Kier alpha value is -1.48. The van der Waals surface area contributed by atoms with Crippen molar-refractivity contribution in [2.45, 2.75) is 6.54 Å². The molecule has 22 heavy (non-hydrogen) atoms. The predicted molar refractivity (Wildman–Crippen MR) is 79.7 cm³/mol. The minimum Gasteiger partial charge on any atom is -0.760 e. The average molecular weight is 389 g/mol. The van der Waals surface area contributed by atoms with Crippen LogP contribution in [0.25, 0.3) is 0 Å². The maximum Gasteiger partial charge on any atom is 0.194 e. The number of nitrogens with one attached hydrogen (secondary N) is 1. The fraction of sp³-hybridized carbons (Fsp3) is 0.0714. The van der Waals surface area contributed by atoms with E-state index in [1.54, 1.807) is 0 Å². The van der Waals surface area contributed by atoms with Crippen LogP contribution in [0.15, 0.2) is 40.9 Å². The van der Waals surface area contributed by atoms with Gasteiger partial charge in [0.15, 0.2) is 5.78 Å². The van der Waals surface area contributed by atoms with Gasteiger partial charge in [-0.1, -0.05) is 15.9 Å². The number of carbonyl (C=O) groups excluding carboxylic acids is 1. The number of hydrogen-bond acceptors (Lipinski definition) is 3. The first-order valence-corrected chi connectivity index (χ1v) is 7.86. The molecule has 0 fully saturated rings. The summed E-state index contributed by atoms with van der Waals surface area (Å²) in [6, 6.07) is 7.22. The molecule has 2 rings (SSSR count). The maximum absolute atomic E-state index is 13.9.